The second-order valence-corrected chi connectivity index (χ2v) is 11.6. The van der Waals surface area contributed by atoms with Crippen molar-refractivity contribution in [2.75, 3.05) is 26.8 Å². The lowest BCUT2D eigenvalue weighted by molar-refractivity contribution is -0.120. The lowest BCUT2D eigenvalue weighted by Crippen LogP contribution is -2.15. The summed E-state index contributed by atoms with van der Waals surface area (Å²) >= 11 is 0. The molecule has 0 bridgehead atoms. The molecule has 0 aromatic rings. The summed E-state index contributed by atoms with van der Waals surface area (Å²) in [5.74, 6) is 0.160. The first-order valence-corrected chi connectivity index (χ1v) is 16.2. The number of hydrogen-bond acceptors (Lipinski definition) is 5. The van der Waals surface area contributed by atoms with Crippen molar-refractivity contribution >= 4 is 13.6 Å². The molecule has 0 amide bonds. The molecule has 35 heavy (non-hydrogen) atoms. The van der Waals surface area contributed by atoms with Crippen molar-refractivity contribution < 1.29 is 23.3 Å². The van der Waals surface area contributed by atoms with Gasteiger partial charge in [0.25, 0.3) is 0 Å². The fourth-order valence-electron chi connectivity index (χ4n) is 4.36. The monoisotopic (exact) mass is 519 g/mol. The predicted octanol–water partition coefficient (Wildman–Crippen LogP) is 8.37. The van der Waals surface area contributed by atoms with Crippen LogP contribution in [0.3, 0.4) is 0 Å². The standard InChI is InChI=1S/C28H58NO5P/c1-4-6-7-8-9-10-11-12-13-14-15-16-17-18-19-20-22-27(25-28(30)5-2)26-34-35(31,32)33-24-21-23-29-3/h27,29H,4-26H2,1-3H3,(H,31,32). The van der Waals surface area contributed by atoms with Gasteiger partial charge in [0.2, 0.25) is 0 Å². The number of ketones is 1. The average Bonchev–Trinajstić information content (AvgIpc) is 2.84. The summed E-state index contributed by atoms with van der Waals surface area (Å²) in [5, 5.41) is 2.97. The zero-order valence-corrected chi connectivity index (χ0v) is 24.3. The molecule has 7 heteroatoms. The van der Waals surface area contributed by atoms with E-state index in [2.05, 4.69) is 12.2 Å². The first-order valence-electron chi connectivity index (χ1n) is 14.7. The Morgan fingerprint density at radius 1 is 0.771 bits per heavy atom. The van der Waals surface area contributed by atoms with Gasteiger partial charge in [0.05, 0.1) is 13.2 Å². The highest BCUT2D eigenvalue weighted by molar-refractivity contribution is 7.47. The fraction of sp³-hybridized carbons (Fsp3) is 0.964. The molecule has 0 saturated carbocycles. The van der Waals surface area contributed by atoms with Gasteiger partial charge in [-0.2, -0.15) is 0 Å². The van der Waals surface area contributed by atoms with E-state index >= 15 is 0 Å². The molecule has 0 aliphatic heterocycles. The first kappa shape index (κ1) is 34.7. The third kappa shape index (κ3) is 25.2. The largest absolute Gasteiger partial charge is 0.472 e. The summed E-state index contributed by atoms with van der Waals surface area (Å²) in [4.78, 5) is 21.8. The second kappa shape index (κ2) is 25.4. The Bertz CT molecular complexity index is 518. The summed E-state index contributed by atoms with van der Waals surface area (Å²) in [6.45, 7) is 5.12. The van der Waals surface area contributed by atoms with Gasteiger partial charge in [-0.3, -0.25) is 13.8 Å². The smallest absolute Gasteiger partial charge is 0.320 e. The van der Waals surface area contributed by atoms with Crippen molar-refractivity contribution in [2.45, 2.75) is 142 Å². The van der Waals surface area contributed by atoms with E-state index in [4.69, 9.17) is 9.05 Å². The number of phosphoric acid groups is 1. The normalized spacial score (nSPS) is 14.2. The number of carbonyl (C=O) groups excluding carboxylic acids is 1. The van der Waals surface area contributed by atoms with Crippen molar-refractivity contribution in [3.05, 3.63) is 0 Å². The molecule has 0 saturated heterocycles. The molecule has 0 aromatic heterocycles. The number of phosphoric ester groups is 1. The highest BCUT2D eigenvalue weighted by atomic mass is 31.2. The van der Waals surface area contributed by atoms with Crippen LogP contribution in [-0.2, 0) is 18.4 Å². The van der Waals surface area contributed by atoms with Crippen molar-refractivity contribution in [3.8, 4) is 0 Å². The molecule has 0 aliphatic rings. The third-order valence-electron chi connectivity index (χ3n) is 6.68. The van der Waals surface area contributed by atoms with Gasteiger partial charge in [-0.05, 0) is 32.4 Å². The molecule has 2 atom stereocenters. The maximum atomic E-state index is 12.1. The highest BCUT2D eigenvalue weighted by Crippen LogP contribution is 2.44. The van der Waals surface area contributed by atoms with Crippen LogP contribution < -0.4 is 5.32 Å². The second-order valence-electron chi connectivity index (χ2n) is 10.1. The van der Waals surface area contributed by atoms with Gasteiger partial charge in [-0.25, -0.2) is 4.57 Å². The van der Waals surface area contributed by atoms with E-state index in [0.29, 0.717) is 25.8 Å². The highest BCUT2D eigenvalue weighted by Gasteiger charge is 2.24. The van der Waals surface area contributed by atoms with Crippen LogP contribution in [0.5, 0.6) is 0 Å². The molecule has 210 valence electrons. The van der Waals surface area contributed by atoms with E-state index in [1.165, 1.54) is 89.9 Å². The summed E-state index contributed by atoms with van der Waals surface area (Å²) in [5.41, 5.74) is 0. The van der Waals surface area contributed by atoms with E-state index in [-0.39, 0.29) is 24.9 Å². The van der Waals surface area contributed by atoms with Crippen LogP contribution in [0.4, 0.5) is 0 Å². The van der Waals surface area contributed by atoms with E-state index in [9.17, 15) is 14.3 Å². The Kier molecular flexibility index (Phi) is 25.2. The molecular weight excluding hydrogens is 461 g/mol. The Morgan fingerprint density at radius 2 is 1.26 bits per heavy atom. The van der Waals surface area contributed by atoms with Crippen LogP contribution >= 0.6 is 7.82 Å². The number of nitrogens with one attached hydrogen (secondary N) is 1. The van der Waals surface area contributed by atoms with Gasteiger partial charge >= 0.3 is 7.82 Å². The number of hydrogen-bond donors (Lipinski definition) is 2. The Morgan fingerprint density at radius 3 is 1.71 bits per heavy atom. The van der Waals surface area contributed by atoms with Crippen molar-refractivity contribution in [3.63, 3.8) is 0 Å². The van der Waals surface area contributed by atoms with Crippen LogP contribution in [0.25, 0.3) is 0 Å². The number of carbonyl (C=O) groups is 1. The van der Waals surface area contributed by atoms with Gasteiger partial charge in [0, 0.05) is 12.8 Å². The van der Waals surface area contributed by atoms with Crippen LogP contribution in [0, 0.1) is 5.92 Å². The van der Waals surface area contributed by atoms with Crippen LogP contribution in [-0.4, -0.2) is 37.5 Å². The predicted molar refractivity (Wildman–Crippen MR) is 148 cm³/mol. The molecule has 0 heterocycles. The molecule has 0 radical (unpaired) electrons. The minimum atomic E-state index is -4.05. The first-order chi connectivity index (χ1) is 16.9. The quantitative estimate of drug-likeness (QED) is 0.0798. The van der Waals surface area contributed by atoms with E-state index in [1.54, 1.807) is 0 Å². The van der Waals surface area contributed by atoms with Gasteiger partial charge < -0.3 is 10.2 Å². The van der Waals surface area contributed by atoms with Crippen molar-refractivity contribution in [1.29, 1.82) is 0 Å². The number of unbranched alkanes of at least 4 members (excludes halogenated alkanes) is 15. The zero-order chi connectivity index (χ0) is 26.0. The van der Waals surface area contributed by atoms with Crippen molar-refractivity contribution in [2.24, 2.45) is 5.92 Å². The average molecular weight is 520 g/mol. The molecule has 2 unspecified atom stereocenters. The van der Waals surface area contributed by atoms with Gasteiger partial charge in [0.1, 0.15) is 5.78 Å². The molecule has 2 N–H and O–H groups in total. The van der Waals surface area contributed by atoms with E-state index in [1.807, 2.05) is 14.0 Å². The van der Waals surface area contributed by atoms with Crippen LogP contribution in [0.15, 0.2) is 0 Å². The Balaban J connectivity index is 3.80. The van der Waals surface area contributed by atoms with Crippen molar-refractivity contribution in [1.82, 2.24) is 5.32 Å². The minimum Gasteiger partial charge on any atom is -0.320 e. The molecule has 0 aliphatic carbocycles. The van der Waals surface area contributed by atoms with E-state index < -0.39 is 7.82 Å². The lowest BCUT2D eigenvalue weighted by atomic mass is 9.95. The summed E-state index contributed by atoms with van der Waals surface area (Å²) in [6, 6.07) is 0. The SMILES string of the molecule is CCCCCCCCCCCCCCCCCCC(COP(=O)(O)OCCCNC)CC(=O)CC. The maximum Gasteiger partial charge on any atom is 0.472 e. The van der Waals surface area contributed by atoms with Crippen LogP contribution in [0.1, 0.15) is 142 Å². The summed E-state index contributed by atoms with van der Waals surface area (Å²) < 4.78 is 22.3. The van der Waals surface area contributed by atoms with Gasteiger partial charge in [0.15, 0.2) is 0 Å². The lowest BCUT2D eigenvalue weighted by Gasteiger charge is -2.18. The topological polar surface area (TPSA) is 84.9 Å². The summed E-state index contributed by atoms with van der Waals surface area (Å²) in [7, 11) is -2.23. The molecule has 0 fully saturated rings. The van der Waals surface area contributed by atoms with Gasteiger partial charge in [-0.1, -0.05) is 117 Å². The molecule has 0 rings (SSSR count). The number of rotatable bonds is 28. The Labute approximate surface area is 217 Å². The van der Waals surface area contributed by atoms with Crippen LogP contribution in [0.2, 0.25) is 0 Å². The van der Waals surface area contributed by atoms with Gasteiger partial charge in [-0.15, -0.1) is 0 Å². The fourth-order valence-corrected chi connectivity index (χ4v) is 5.19. The Hall–Kier alpha value is -0.260. The minimum absolute atomic E-state index is 0.0181. The number of Topliss-reactive ketones (excluding diaryl/α,β-unsaturated/α-hetero) is 1. The van der Waals surface area contributed by atoms with E-state index in [0.717, 1.165) is 19.3 Å². The third-order valence-corrected chi connectivity index (χ3v) is 7.66. The molecule has 6 nitrogen and oxygen atoms in total. The molecule has 0 spiro atoms. The molecule has 0 aromatic carbocycles. The zero-order valence-electron chi connectivity index (χ0n) is 23.4. The molecular formula is C28H58NO5P. The maximum absolute atomic E-state index is 12.1. The summed E-state index contributed by atoms with van der Waals surface area (Å²) in [6.07, 6.45) is 23.7.